The lowest BCUT2D eigenvalue weighted by Crippen LogP contribution is -2.07. The Morgan fingerprint density at radius 1 is 0.288 bits per heavy atom. The van der Waals surface area contributed by atoms with Crippen molar-refractivity contribution in [3.05, 3.63) is 247 Å². The molecular weight excluding hydrogens is 893 g/mol. The molecule has 0 aliphatic carbocycles. The molecule has 338 valence electrons. The maximum absolute atomic E-state index is 11.1. The van der Waals surface area contributed by atoms with E-state index in [0.29, 0.717) is 67.9 Å². The minimum absolute atomic E-state index is 0.371. The number of fused-ring (bicyclic) bond motifs is 3. The Morgan fingerprint density at radius 2 is 0.603 bits per heavy atom. The minimum Gasteiger partial charge on any atom is -0.308 e. The summed E-state index contributed by atoms with van der Waals surface area (Å²) >= 11 is 0. The van der Waals surface area contributed by atoms with Gasteiger partial charge in [-0.1, -0.05) is 170 Å². The third kappa shape index (κ3) is 8.32. The highest BCUT2D eigenvalue weighted by atomic mass is 15.0. The van der Waals surface area contributed by atoms with Crippen LogP contribution in [0.4, 0.5) is 0 Å². The molecule has 12 rings (SSSR count). The zero-order valence-corrected chi connectivity index (χ0v) is 39.0. The third-order valence-electron chi connectivity index (χ3n) is 13.1. The number of hydrogen-bond donors (Lipinski definition) is 0. The summed E-state index contributed by atoms with van der Waals surface area (Å²) < 4.78 is 2.25. The number of nitrogens with zero attached hydrogens (tertiary/aromatic N) is 8. The fraction of sp³-hybridized carbons (Fsp3) is 0. The first-order valence-corrected chi connectivity index (χ1v) is 23.7. The van der Waals surface area contributed by atoms with Crippen molar-refractivity contribution in [1.82, 2.24) is 24.5 Å². The van der Waals surface area contributed by atoms with Gasteiger partial charge in [0.05, 0.1) is 74.4 Å². The van der Waals surface area contributed by atoms with Crippen molar-refractivity contribution in [3.8, 4) is 114 Å². The van der Waals surface area contributed by atoms with Crippen LogP contribution in [0.1, 0.15) is 16.7 Å². The van der Waals surface area contributed by atoms with Crippen LogP contribution in [0, 0.1) is 34.0 Å². The largest absolute Gasteiger partial charge is 0.308 e. The average Bonchev–Trinajstić information content (AvgIpc) is 3.80. The number of benzene rings is 9. The molecule has 3 heterocycles. The van der Waals surface area contributed by atoms with E-state index >= 15 is 0 Å². The Bertz CT molecular complexity index is 3810. The molecule has 0 fully saturated rings. The van der Waals surface area contributed by atoms with Crippen molar-refractivity contribution < 1.29 is 0 Å². The molecule has 9 aromatic carbocycles. The zero-order valence-electron chi connectivity index (χ0n) is 39.0. The van der Waals surface area contributed by atoms with Gasteiger partial charge in [-0.3, -0.25) is 0 Å². The Morgan fingerprint density at radius 3 is 0.918 bits per heavy atom. The van der Waals surface area contributed by atoms with Crippen molar-refractivity contribution in [1.29, 1.82) is 15.8 Å². The molecule has 8 heteroatoms. The van der Waals surface area contributed by atoms with E-state index in [1.807, 2.05) is 194 Å². The summed E-state index contributed by atoms with van der Waals surface area (Å²) in [6, 6.07) is 83.0. The van der Waals surface area contributed by atoms with Gasteiger partial charge in [-0.05, 0) is 82.9 Å². The predicted molar refractivity (Wildman–Crippen MR) is 290 cm³/mol. The molecular formula is C65H38N8. The van der Waals surface area contributed by atoms with Gasteiger partial charge in [0.1, 0.15) is 0 Å². The molecule has 0 unspecified atom stereocenters. The van der Waals surface area contributed by atoms with Gasteiger partial charge >= 0.3 is 0 Å². The van der Waals surface area contributed by atoms with Crippen molar-refractivity contribution in [2.45, 2.75) is 0 Å². The van der Waals surface area contributed by atoms with Crippen LogP contribution in [0.3, 0.4) is 0 Å². The normalized spacial score (nSPS) is 11.0. The monoisotopic (exact) mass is 930 g/mol. The third-order valence-corrected chi connectivity index (χ3v) is 13.1. The van der Waals surface area contributed by atoms with E-state index < -0.39 is 0 Å². The molecule has 8 nitrogen and oxygen atoms in total. The zero-order chi connectivity index (χ0) is 49.3. The maximum atomic E-state index is 11.1. The molecule has 0 aliphatic heterocycles. The van der Waals surface area contributed by atoms with Crippen molar-refractivity contribution in [2.75, 3.05) is 0 Å². The van der Waals surface area contributed by atoms with E-state index in [1.54, 1.807) is 0 Å². The summed E-state index contributed by atoms with van der Waals surface area (Å²) in [5, 5.41) is 32.5. The predicted octanol–water partition coefficient (Wildman–Crippen LogP) is 15.3. The quantitative estimate of drug-likeness (QED) is 0.141. The van der Waals surface area contributed by atoms with E-state index in [1.165, 1.54) is 0 Å². The first-order valence-electron chi connectivity index (χ1n) is 23.7. The average molecular weight is 931 g/mol. The summed E-state index contributed by atoms with van der Waals surface area (Å²) in [7, 11) is 0. The van der Waals surface area contributed by atoms with Crippen LogP contribution in [0.5, 0.6) is 0 Å². The number of aromatic nitrogens is 5. The van der Waals surface area contributed by atoms with Crippen LogP contribution in [-0.4, -0.2) is 24.5 Å². The van der Waals surface area contributed by atoms with Crippen molar-refractivity contribution in [3.63, 3.8) is 0 Å². The van der Waals surface area contributed by atoms with E-state index in [2.05, 4.69) is 59.2 Å². The highest BCUT2D eigenvalue weighted by Crippen LogP contribution is 2.44. The topological polar surface area (TPSA) is 128 Å². The lowest BCUT2D eigenvalue weighted by Gasteiger charge is -2.20. The Kier molecular flexibility index (Phi) is 11.2. The van der Waals surface area contributed by atoms with Crippen LogP contribution >= 0.6 is 0 Å². The van der Waals surface area contributed by atoms with E-state index in [0.717, 1.165) is 66.3 Å². The van der Waals surface area contributed by atoms with Gasteiger partial charge in [0.25, 0.3) is 0 Å². The number of hydrogen-bond acceptors (Lipinski definition) is 7. The summed E-state index contributed by atoms with van der Waals surface area (Å²) in [6.45, 7) is 0. The molecule has 0 amide bonds. The van der Waals surface area contributed by atoms with Crippen LogP contribution in [0.2, 0.25) is 0 Å². The van der Waals surface area contributed by atoms with Crippen molar-refractivity contribution in [2.24, 2.45) is 0 Å². The fourth-order valence-electron chi connectivity index (χ4n) is 9.54. The molecule has 0 aliphatic rings. The van der Waals surface area contributed by atoms with Crippen molar-refractivity contribution >= 4 is 21.8 Å². The van der Waals surface area contributed by atoms with Crippen LogP contribution in [0.15, 0.2) is 231 Å². The fourth-order valence-corrected chi connectivity index (χ4v) is 9.54. The SMILES string of the molecule is N#Cc1ccc(-c2ccc3c4ccc(-c5ccc(C#N)cc5)cc4n(-c4c(-c5nc(-c6ccccc6)cc(-c6ccccc6)n5)cc(C#N)cc4-c4nc(-c5ccccc5)cc(-c5ccccc5)n4)c3c2)cc1. The summed E-state index contributed by atoms with van der Waals surface area (Å²) in [6.07, 6.45) is 0. The minimum atomic E-state index is 0.371. The molecule has 0 spiro atoms. The van der Waals surface area contributed by atoms with Gasteiger partial charge in [-0.25, -0.2) is 19.9 Å². The second-order valence-electron chi connectivity index (χ2n) is 17.6. The van der Waals surface area contributed by atoms with Gasteiger partial charge in [-0.2, -0.15) is 15.8 Å². The maximum Gasteiger partial charge on any atom is 0.162 e. The molecule has 0 saturated heterocycles. The van der Waals surface area contributed by atoms with Gasteiger partial charge in [0, 0.05) is 44.2 Å². The van der Waals surface area contributed by atoms with Gasteiger partial charge in [0.2, 0.25) is 0 Å². The highest BCUT2D eigenvalue weighted by molar-refractivity contribution is 6.12. The summed E-state index contributed by atoms with van der Waals surface area (Å²) in [5.74, 6) is 0.801. The van der Waals surface area contributed by atoms with Gasteiger partial charge < -0.3 is 4.57 Å². The molecule has 0 bridgehead atoms. The first-order chi connectivity index (χ1) is 36.0. The smallest absolute Gasteiger partial charge is 0.162 e. The van der Waals surface area contributed by atoms with E-state index in [4.69, 9.17) is 19.9 Å². The molecule has 0 atom stereocenters. The summed E-state index contributed by atoms with van der Waals surface area (Å²) in [4.78, 5) is 21.6. The van der Waals surface area contributed by atoms with E-state index in [9.17, 15) is 15.8 Å². The molecule has 0 N–H and O–H groups in total. The Labute approximate surface area is 421 Å². The van der Waals surface area contributed by atoms with Crippen LogP contribution in [-0.2, 0) is 0 Å². The molecule has 73 heavy (non-hydrogen) atoms. The molecule has 12 aromatic rings. The van der Waals surface area contributed by atoms with E-state index in [-0.39, 0.29) is 0 Å². The van der Waals surface area contributed by atoms with Gasteiger partial charge in [-0.15, -0.1) is 0 Å². The summed E-state index contributed by atoms with van der Waals surface area (Å²) in [5.41, 5.74) is 15.3. The lowest BCUT2D eigenvalue weighted by molar-refractivity contribution is 1.12. The number of nitriles is 3. The lowest BCUT2D eigenvalue weighted by atomic mass is 9.98. The Hall–Kier alpha value is -10.6. The second kappa shape index (κ2) is 18.7. The molecule has 0 radical (unpaired) electrons. The van der Waals surface area contributed by atoms with Crippen LogP contribution in [0.25, 0.3) is 118 Å². The second-order valence-corrected chi connectivity index (χ2v) is 17.6. The standard InChI is InChI=1S/C65H38N8/c66-39-42-21-25-45(26-22-42)51-29-31-53-54-32-30-52(46-27-23-43(40-67)24-28-46)36-62(54)73(61(53)35-51)63-55(64-69-57(47-13-5-1-6-14-47)37-58(70-64)48-15-7-2-8-16-48)33-44(41-68)34-56(63)65-71-59(49-17-9-3-10-18-49)38-60(72-65)50-19-11-4-12-20-50/h1-38H. The van der Waals surface area contributed by atoms with Gasteiger partial charge in [0.15, 0.2) is 11.6 Å². The highest BCUT2D eigenvalue weighted by Gasteiger charge is 2.26. The van der Waals surface area contributed by atoms with Crippen LogP contribution < -0.4 is 0 Å². The first kappa shape index (κ1) is 43.7. The molecule has 0 saturated carbocycles. The Balaban J connectivity index is 1.25. The molecule has 3 aromatic heterocycles. The number of rotatable bonds is 9.